The number of halogens is 1. The molecule has 2 aromatic rings. The molecular weight excluding hydrogens is 359 g/mol. The Kier molecular flexibility index (Phi) is 4.41. The lowest BCUT2D eigenvalue weighted by Gasteiger charge is -2.28. The fraction of sp³-hybridized carbons (Fsp3) is 0.333. The number of hydrogen-bond acceptors (Lipinski definition) is 1. The molecule has 0 aliphatic heterocycles. The van der Waals surface area contributed by atoms with Gasteiger partial charge >= 0.3 is 0 Å². The van der Waals surface area contributed by atoms with Crippen LogP contribution in [0.2, 0.25) is 0 Å². The van der Waals surface area contributed by atoms with Crippen LogP contribution < -0.4 is 0 Å². The summed E-state index contributed by atoms with van der Waals surface area (Å²) in [5.74, 6) is 0.393. The van der Waals surface area contributed by atoms with Crippen LogP contribution in [0.1, 0.15) is 23.1 Å². The Balaban J connectivity index is 1.67. The number of aliphatic hydroxyl groups is 1. The van der Waals surface area contributed by atoms with Crippen LogP contribution in [-0.2, 0) is 19.3 Å². The summed E-state index contributed by atoms with van der Waals surface area (Å²) in [7, 11) is 0. The fourth-order valence-electron chi connectivity index (χ4n) is 3.08. The molecule has 0 bridgehead atoms. The maximum atomic E-state index is 10.5. The summed E-state index contributed by atoms with van der Waals surface area (Å²) in [5.41, 5.74) is 4.12. The normalized spacial score (nSPS) is 19.4. The summed E-state index contributed by atoms with van der Waals surface area (Å²) in [6.07, 6.45) is 3.75. The third-order valence-corrected chi connectivity index (χ3v) is 5.01. The fourth-order valence-corrected chi connectivity index (χ4v) is 3.44. The zero-order valence-corrected chi connectivity index (χ0v) is 13.6. The van der Waals surface area contributed by atoms with Gasteiger partial charge in [-0.2, -0.15) is 0 Å². The van der Waals surface area contributed by atoms with Crippen molar-refractivity contribution in [3.05, 3.63) is 68.8 Å². The van der Waals surface area contributed by atoms with Gasteiger partial charge in [0, 0.05) is 3.57 Å². The second-order valence-electron chi connectivity index (χ2n) is 5.67. The van der Waals surface area contributed by atoms with Gasteiger partial charge < -0.3 is 5.11 Å². The van der Waals surface area contributed by atoms with Gasteiger partial charge in [-0.3, -0.25) is 0 Å². The second kappa shape index (κ2) is 6.27. The van der Waals surface area contributed by atoms with Crippen LogP contribution in [-0.4, -0.2) is 11.2 Å². The highest BCUT2D eigenvalue weighted by Gasteiger charge is 2.24. The van der Waals surface area contributed by atoms with Crippen molar-refractivity contribution < 1.29 is 5.11 Å². The number of rotatable bonds is 3. The summed E-state index contributed by atoms with van der Waals surface area (Å²) in [4.78, 5) is 0. The van der Waals surface area contributed by atoms with Crippen LogP contribution in [0.25, 0.3) is 0 Å². The smallest absolute Gasteiger partial charge is 0.0611 e. The summed E-state index contributed by atoms with van der Waals surface area (Å²) in [6.45, 7) is 0. The molecule has 2 aromatic carbocycles. The van der Waals surface area contributed by atoms with Gasteiger partial charge in [-0.25, -0.2) is 0 Å². The molecule has 20 heavy (non-hydrogen) atoms. The van der Waals surface area contributed by atoms with Crippen molar-refractivity contribution in [3.8, 4) is 0 Å². The predicted octanol–water partition coefficient (Wildman–Crippen LogP) is 4.00. The van der Waals surface area contributed by atoms with E-state index in [1.165, 1.54) is 20.3 Å². The highest BCUT2D eigenvalue weighted by Crippen LogP contribution is 2.28. The third kappa shape index (κ3) is 3.23. The van der Waals surface area contributed by atoms with E-state index in [-0.39, 0.29) is 6.10 Å². The lowest BCUT2D eigenvalue weighted by Crippen LogP contribution is -2.28. The molecule has 2 heteroatoms. The summed E-state index contributed by atoms with van der Waals surface area (Å²) in [5, 5.41) is 10.5. The van der Waals surface area contributed by atoms with E-state index in [0.717, 1.165) is 25.7 Å². The van der Waals surface area contributed by atoms with Gasteiger partial charge in [0.15, 0.2) is 0 Å². The first kappa shape index (κ1) is 14.1. The molecule has 104 valence electrons. The highest BCUT2D eigenvalue weighted by atomic mass is 127. The molecule has 1 aliphatic carbocycles. The van der Waals surface area contributed by atoms with Crippen LogP contribution in [0.15, 0.2) is 48.5 Å². The molecule has 1 nitrogen and oxygen atoms in total. The Hall–Kier alpha value is -0.870. The number of fused-ring (bicyclic) bond motifs is 1. The summed E-state index contributed by atoms with van der Waals surface area (Å²) >= 11 is 2.31. The van der Waals surface area contributed by atoms with Gasteiger partial charge in [0.05, 0.1) is 6.10 Å². The minimum Gasteiger partial charge on any atom is -0.392 e. The van der Waals surface area contributed by atoms with Gasteiger partial charge in [0.25, 0.3) is 0 Å². The first-order valence-corrected chi connectivity index (χ1v) is 8.29. The van der Waals surface area contributed by atoms with Gasteiger partial charge in [-0.1, -0.05) is 36.4 Å². The van der Waals surface area contributed by atoms with Crippen molar-refractivity contribution in [1.82, 2.24) is 0 Å². The first-order chi connectivity index (χ1) is 9.72. The van der Waals surface area contributed by atoms with E-state index in [1.807, 2.05) is 0 Å². The molecule has 0 spiro atoms. The lowest BCUT2D eigenvalue weighted by atomic mass is 9.79. The zero-order chi connectivity index (χ0) is 13.9. The van der Waals surface area contributed by atoms with E-state index >= 15 is 0 Å². The largest absolute Gasteiger partial charge is 0.392 e. The lowest BCUT2D eigenvalue weighted by molar-refractivity contribution is 0.0993. The van der Waals surface area contributed by atoms with Crippen LogP contribution in [0.4, 0.5) is 0 Å². The molecule has 3 rings (SSSR count). The molecule has 0 saturated carbocycles. The Morgan fingerprint density at radius 1 is 1.05 bits per heavy atom. The maximum absolute atomic E-state index is 10.5. The standard InChI is InChI=1S/C18H19IO/c19-17-9-5-13(6-10-17)11-18(20)16-8-7-14-3-1-2-4-15(14)12-16/h1-6,9-10,16,18,20H,7-8,11-12H2. The van der Waals surface area contributed by atoms with E-state index in [4.69, 9.17) is 0 Å². The number of aryl methyl sites for hydroxylation is 1. The van der Waals surface area contributed by atoms with Crippen LogP contribution >= 0.6 is 22.6 Å². The van der Waals surface area contributed by atoms with Crippen LogP contribution in [0.5, 0.6) is 0 Å². The minimum absolute atomic E-state index is 0.233. The van der Waals surface area contributed by atoms with Gasteiger partial charge in [-0.05, 0) is 83.0 Å². The second-order valence-corrected chi connectivity index (χ2v) is 6.92. The van der Waals surface area contributed by atoms with Gasteiger partial charge in [0.1, 0.15) is 0 Å². The topological polar surface area (TPSA) is 20.2 Å². The molecule has 0 amide bonds. The SMILES string of the molecule is OC(Cc1ccc(I)cc1)C1CCc2ccccc2C1. The van der Waals surface area contributed by atoms with E-state index in [9.17, 15) is 5.11 Å². The van der Waals surface area contributed by atoms with E-state index < -0.39 is 0 Å². The molecule has 0 aromatic heterocycles. The Bertz CT molecular complexity index is 576. The first-order valence-electron chi connectivity index (χ1n) is 7.21. The Morgan fingerprint density at radius 2 is 1.75 bits per heavy atom. The summed E-state index contributed by atoms with van der Waals surface area (Å²) < 4.78 is 1.24. The molecule has 0 saturated heterocycles. The molecule has 2 unspecified atom stereocenters. The summed E-state index contributed by atoms with van der Waals surface area (Å²) in [6, 6.07) is 17.1. The molecule has 0 fully saturated rings. The van der Waals surface area contributed by atoms with Crippen molar-refractivity contribution in [2.75, 3.05) is 0 Å². The molecule has 1 aliphatic rings. The highest BCUT2D eigenvalue weighted by molar-refractivity contribution is 14.1. The quantitative estimate of drug-likeness (QED) is 0.801. The average molecular weight is 378 g/mol. The molecule has 0 radical (unpaired) electrons. The molecule has 0 heterocycles. The van der Waals surface area contributed by atoms with Crippen molar-refractivity contribution in [1.29, 1.82) is 0 Å². The van der Waals surface area contributed by atoms with E-state index in [1.54, 1.807) is 0 Å². The monoisotopic (exact) mass is 378 g/mol. The van der Waals surface area contributed by atoms with Crippen molar-refractivity contribution in [2.45, 2.75) is 31.8 Å². The number of hydrogen-bond donors (Lipinski definition) is 1. The van der Waals surface area contributed by atoms with E-state index in [0.29, 0.717) is 5.92 Å². The van der Waals surface area contributed by atoms with Gasteiger partial charge in [0.2, 0.25) is 0 Å². The molecular formula is C18H19IO. The van der Waals surface area contributed by atoms with E-state index in [2.05, 4.69) is 71.1 Å². The molecule has 1 N–H and O–H groups in total. The van der Waals surface area contributed by atoms with Crippen molar-refractivity contribution >= 4 is 22.6 Å². The zero-order valence-electron chi connectivity index (χ0n) is 11.4. The maximum Gasteiger partial charge on any atom is 0.0611 e. The van der Waals surface area contributed by atoms with Crippen molar-refractivity contribution in [3.63, 3.8) is 0 Å². The van der Waals surface area contributed by atoms with Gasteiger partial charge in [-0.15, -0.1) is 0 Å². The Labute approximate surface area is 134 Å². The number of aliphatic hydroxyl groups excluding tert-OH is 1. The third-order valence-electron chi connectivity index (χ3n) is 4.29. The number of benzene rings is 2. The Morgan fingerprint density at radius 3 is 2.50 bits per heavy atom. The van der Waals surface area contributed by atoms with Crippen LogP contribution in [0.3, 0.4) is 0 Å². The van der Waals surface area contributed by atoms with Crippen molar-refractivity contribution in [2.24, 2.45) is 5.92 Å². The molecule has 2 atom stereocenters. The van der Waals surface area contributed by atoms with Crippen LogP contribution in [0, 0.1) is 9.49 Å². The average Bonchev–Trinajstić information content (AvgIpc) is 2.49. The predicted molar refractivity (Wildman–Crippen MR) is 90.8 cm³/mol. The minimum atomic E-state index is -0.233.